The summed E-state index contributed by atoms with van der Waals surface area (Å²) < 4.78 is 47.0. The Balaban J connectivity index is 1.54. The zero-order valence-electron chi connectivity index (χ0n) is 16.9. The summed E-state index contributed by atoms with van der Waals surface area (Å²) in [5, 5.41) is 10.1. The lowest BCUT2D eigenvalue weighted by Crippen LogP contribution is -2.40. The van der Waals surface area contributed by atoms with Crippen LogP contribution < -0.4 is 15.4 Å². The van der Waals surface area contributed by atoms with Gasteiger partial charge in [-0.05, 0) is 49.3 Å². The van der Waals surface area contributed by atoms with E-state index in [4.69, 9.17) is 4.74 Å². The fourth-order valence-corrected chi connectivity index (χ4v) is 4.01. The van der Waals surface area contributed by atoms with Gasteiger partial charge in [0.25, 0.3) is 5.91 Å². The summed E-state index contributed by atoms with van der Waals surface area (Å²) in [7, 11) is 1.57. The molecule has 1 aliphatic carbocycles. The van der Waals surface area contributed by atoms with Gasteiger partial charge in [-0.15, -0.1) is 0 Å². The lowest BCUT2D eigenvalue weighted by molar-refractivity contribution is -0.174. The van der Waals surface area contributed by atoms with E-state index in [1.807, 2.05) is 19.1 Å². The molecule has 4 rings (SSSR count). The first-order valence-electron chi connectivity index (χ1n) is 10.2. The van der Waals surface area contributed by atoms with Gasteiger partial charge in [0.2, 0.25) is 0 Å². The highest BCUT2D eigenvalue weighted by Gasteiger charge is 2.49. The van der Waals surface area contributed by atoms with Gasteiger partial charge in [0.15, 0.2) is 11.7 Å². The molecule has 1 aromatic carbocycles. The fraction of sp³-hybridized carbons (Fsp3) is 0.524. The normalized spacial score (nSPS) is 22.0. The number of alkyl halides is 3. The van der Waals surface area contributed by atoms with Gasteiger partial charge in [0.05, 0.1) is 13.2 Å². The molecule has 0 spiro atoms. The van der Waals surface area contributed by atoms with Gasteiger partial charge in [0.1, 0.15) is 11.6 Å². The molecule has 1 fully saturated rings. The molecule has 1 unspecified atom stereocenters. The fourth-order valence-electron chi connectivity index (χ4n) is 4.01. The Morgan fingerprint density at radius 2 is 2.03 bits per heavy atom. The summed E-state index contributed by atoms with van der Waals surface area (Å²) in [6.07, 6.45) is -1.99. The minimum atomic E-state index is -4.42. The SMILES string of the molecule is CCC(NC(=O)c1cc2n(n1)[C@@H](C(F)(F)F)C[C@@H](C1CC1)N2)c1ccc(OC)cc1. The maximum Gasteiger partial charge on any atom is 0.410 e. The molecule has 2 heterocycles. The number of amides is 1. The Bertz CT molecular complexity index is 906. The van der Waals surface area contributed by atoms with E-state index in [2.05, 4.69) is 15.7 Å². The van der Waals surface area contributed by atoms with Crippen LogP contribution in [0, 0.1) is 5.92 Å². The number of carbonyl (C=O) groups is 1. The van der Waals surface area contributed by atoms with Gasteiger partial charge in [-0.2, -0.15) is 18.3 Å². The third-order valence-electron chi connectivity index (χ3n) is 5.87. The number of rotatable bonds is 6. The molecule has 2 aromatic rings. The molecule has 2 aliphatic rings. The molecule has 2 N–H and O–H groups in total. The molecule has 3 atom stereocenters. The molecule has 6 nitrogen and oxygen atoms in total. The van der Waals surface area contributed by atoms with Crippen LogP contribution in [0.25, 0.3) is 0 Å². The quantitative estimate of drug-likeness (QED) is 0.721. The minimum absolute atomic E-state index is 0.0184. The number of benzene rings is 1. The van der Waals surface area contributed by atoms with E-state index in [1.54, 1.807) is 19.2 Å². The average molecular weight is 422 g/mol. The maximum atomic E-state index is 13.6. The number of ether oxygens (including phenoxy) is 1. The van der Waals surface area contributed by atoms with Crippen LogP contribution in [0.5, 0.6) is 5.75 Å². The first kappa shape index (κ1) is 20.6. The highest BCUT2D eigenvalue weighted by Crippen LogP contribution is 2.45. The standard InChI is InChI=1S/C21H25F3N4O2/c1-3-15(12-6-8-14(30-2)9-7-12)26-20(29)17-11-19-25-16(13-4-5-13)10-18(21(22,23)24)28(19)27-17/h6-9,11,13,15-16,18,25H,3-5,10H2,1-2H3,(H,26,29)/t15?,16-,18+/m0/s1. The summed E-state index contributed by atoms with van der Waals surface area (Å²) in [6, 6.07) is 6.49. The van der Waals surface area contributed by atoms with Gasteiger partial charge in [-0.25, -0.2) is 4.68 Å². The first-order chi connectivity index (χ1) is 14.3. The predicted molar refractivity (Wildman–Crippen MR) is 106 cm³/mol. The molecule has 0 bridgehead atoms. The second-order valence-electron chi connectivity index (χ2n) is 7.95. The third kappa shape index (κ3) is 4.11. The Morgan fingerprint density at radius 3 is 2.60 bits per heavy atom. The topological polar surface area (TPSA) is 68.2 Å². The number of fused-ring (bicyclic) bond motifs is 1. The van der Waals surface area contributed by atoms with Crippen molar-refractivity contribution < 1.29 is 22.7 Å². The molecule has 9 heteroatoms. The number of aromatic nitrogens is 2. The number of carbonyl (C=O) groups excluding carboxylic acids is 1. The maximum absolute atomic E-state index is 13.6. The van der Waals surface area contributed by atoms with Gasteiger partial charge in [0, 0.05) is 12.1 Å². The van der Waals surface area contributed by atoms with Crippen molar-refractivity contribution in [3.8, 4) is 5.75 Å². The van der Waals surface area contributed by atoms with Gasteiger partial charge < -0.3 is 15.4 Å². The number of anilines is 1. The summed E-state index contributed by atoms with van der Waals surface area (Å²) in [6.45, 7) is 1.93. The second kappa shape index (κ2) is 7.85. The van der Waals surface area contributed by atoms with Gasteiger partial charge >= 0.3 is 6.18 Å². The van der Waals surface area contributed by atoms with Crippen molar-refractivity contribution in [3.63, 3.8) is 0 Å². The molecule has 0 radical (unpaired) electrons. The zero-order valence-corrected chi connectivity index (χ0v) is 16.9. The van der Waals surface area contributed by atoms with Crippen LogP contribution in [-0.2, 0) is 0 Å². The molecule has 162 valence electrons. The zero-order chi connectivity index (χ0) is 21.5. The van der Waals surface area contributed by atoms with Crippen molar-refractivity contribution in [2.24, 2.45) is 5.92 Å². The van der Waals surface area contributed by atoms with E-state index in [-0.39, 0.29) is 35.9 Å². The molecule has 30 heavy (non-hydrogen) atoms. The number of hydrogen-bond acceptors (Lipinski definition) is 4. The molecule has 1 amide bonds. The number of nitrogens with zero attached hydrogens (tertiary/aromatic N) is 2. The van der Waals surface area contributed by atoms with Crippen LogP contribution in [0.4, 0.5) is 19.0 Å². The van der Waals surface area contributed by atoms with Crippen molar-refractivity contribution in [2.75, 3.05) is 12.4 Å². The van der Waals surface area contributed by atoms with Crippen molar-refractivity contribution in [1.29, 1.82) is 0 Å². The lowest BCUT2D eigenvalue weighted by Gasteiger charge is -2.33. The average Bonchev–Trinajstić information content (AvgIpc) is 3.49. The Morgan fingerprint density at radius 1 is 1.33 bits per heavy atom. The van der Waals surface area contributed by atoms with E-state index in [9.17, 15) is 18.0 Å². The molecule has 0 saturated heterocycles. The van der Waals surface area contributed by atoms with Crippen LogP contribution in [0.1, 0.15) is 60.7 Å². The molecular weight excluding hydrogens is 397 g/mol. The lowest BCUT2D eigenvalue weighted by atomic mass is 10.0. The second-order valence-corrected chi connectivity index (χ2v) is 7.95. The van der Waals surface area contributed by atoms with E-state index in [1.165, 1.54) is 6.07 Å². The van der Waals surface area contributed by atoms with Crippen LogP contribution in [-0.4, -0.2) is 35.0 Å². The summed E-state index contributed by atoms with van der Waals surface area (Å²) >= 11 is 0. The highest BCUT2D eigenvalue weighted by atomic mass is 19.4. The van der Waals surface area contributed by atoms with E-state index in [0.29, 0.717) is 12.2 Å². The number of hydrogen-bond donors (Lipinski definition) is 2. The molecule has 1 saturated carbocycles. The van der Waals surface area contributed by atoms with E-state index < -0.39 is 18.1 Å². The molecule has 1 aromatic heterocycles. The number of nitrogens with one attached hydrogen (secondary N) is 2. The van der Waals surface area contributed by atoms with Crippen LogP contribution in [0.2, 0.25) is 0 Å². The summed E-state index contributed by atoms with van der Waals surface area (Å²) in [4.78, 5) is 12.8. The first-order valence-corrected chi connectivity index (χ1v) is 10.2. The summed E-state index contributed by atoms with van der Waals surface area (Å²) in [5.74, 6) is 0.722. The smallest absolute Gasteiger partial charge is 0.410 e. The third-order valence-corrected chi connectivity index (χ3v) is 5.87. The van der Waals surface area contributed by atoms with Crippen molar-refractivity contribution in [1.82, 2.24) is 15.1 Å². The van der Waals surface area contributed by atoms with E-state index in [0.717, 1.165) is 23.1 Å². The van der Waals surface area contributed by atoms with Gasteiger partial charge in [-0.3, -0.25) is 4.79 Å². The number of methoxy groups -OCH3 is 1. The molecular formula is C21H25F3N4O2. The van der Waals surface area contributed by atoms with Crippen LogP contribution in [0.3, 0.4) is 0 Å². The van der Waals surface area contributed by atoms with Crippen molar-refractivity contribution in [2.45, 2.75) is 56.9 Å². The highest BCUT2D eigenvalue weighted by molar-refractivity contribution is 5.93. The van der Waals surface area contributed by atoms with Crippen molar-refractivity contribution >= 4 is 11.7 Å². The Kier molecular flexibility index (Phi) is 5.38. The monoisotopic (exact) mass is 422 g/mol. The largest absolute Gasteiger partial charge is 0.497 e. The number of halogens is 3. The molecule has 1 aliphatic heterocycles. The summed E-state index contributed by atoms with van der Waals surface area (Å²) in [5.41, 5.74) is 0.867. The minimum Gasteiger partial charge on any atom is -0.497 e. The van der Waals surface area contributed by atoms with Crippen LogP contribution >= 0.6 is 0 Å². The predicted octanol–water partition coefficient (Wildman–Crippen LogP) is 4.47. The van der Waals surface area contributed by atoms with Crippen LogP contribution in [0.15, 0.2) is 30.3 Å². The van der Waals surface area contributed by atoms with Gasteiger partial charge in [-0.1, -0.05) is 19.1 Å². The van der Waals surface area contributed by atoms with Crippen molar-refractivity contribution in [3.05, 3.63) is 41.6 Å². The Labute approximate surface area is 172 Å². The van der Waals surface area contributed by atoms with E-state index >= 15 is 0 Å². The Hall–Kier alpha value is -2.71.